The summed E-state index contributed by atoms with van der Waals surface area (Å²) in [5.74, 6) is 4.57. The third kappa shape index (κ3) is 4.84. The van der Waals surface area contributed by atoms with Crippen LogP contribution in [0.1, 0.15) is 0 Å². The number of fused-ring (bicyclic) bond motifs is 1. The van der Waals surface area contributed by atoms with Gasteiger partial charge in [-0.05, 0) is 12.1 Å². The second kappa shape index (κ2) is 7.93. The zero-order valence-corrected chi connectivity index (χ0v) is 9.47. The molecule has 0 atom stereocenters. The molecule has 2 aromatic rings. The van der Waals surface area contributed by atoms with Crippen molar-refractivity contribution >= 4 is 10.9 Å². The van der Waals surface area contributed by atoms with E-state index in [4.69, 9.17) is 12.8 Å². The first-order valence-electron chi connectivity index (χ1n) is 5.13. The van der Waals surface area contributed by atoms with Gasteiger partial charge in [0, 0.05) is 11.6 Å². The summed E-state index contributed by atoms with van der Waals surface area (Å²) in [5.41, 5.74) is 1.06. The molecule has 0 unspecified atom stereocenters. The van der Waals surface area contributed by atoms with Crippen molar-refractivity contribution in [3.05, 3.63) is 42.6 Å². The Kier molecular flexibility index (Phi) is 5.96. The zero-order chi connectivity index (χ0) is 12.3. The number of rotatable bonds is 2. The van der Waals surface area contributed by atoms with Crippen LogP contribution in [0.4, 0.5) is 0 Å². The molecule has 17 heavy (non-hydrogen) atoms. The first-order chi connectivity index (χ1) is 8.38. The Hall–Kier alpha value is -2.29. The molecular weight excluding hydrogens is 210 g/mol. The van der Waals surface area contributed by atoms with E-state index in [-0.39, 0.29) is 0 Å². The van der Waals surface area contributed by atoms with E-state index in [1.807, 2.05) is 30.5 Å². The van der Waals surface area contributed by atoms with Crippen LogP contribution in [0.2, 0.25) is 0 Å². The molecule has 2 rings (SSSR count). The molecule has 0 amide bonds. The quantitative estimate of drug-likeness (QED) is 0.576. The molecule has 0 aliphatic rings. The van der Waals surface area contributed by atoms with E-state index in [9.17, 15) is 0 Å². The van der Waals surface area contributed by atoms with Crippen LogP contribution in [-0.2, 0) is 4.74 Å². The second-order valence-electron chi connectivity index (χ2n) is 3.10. The standard InChI is InChI=1S/C9H7N.C6H6O/c1-2-6-9-8(4-1)5-3-7-10-9;1-3-5-7-6-4-2/h1-7H;1-2H,5-6H2. The van der Waals surface area contributed by atoms with E-state index in [0.717, 1.165) is 5.52 Å². The highest BCUT2D eigenvalue weighted by Gasteiger charge is 1.86. The monoisotopic (exact) mass is 223 g/mol. The molecule has 0 spiro atoms. The normalized spacial score (nSPS) is 8.59. The van der Waals surface area contributed by atoms with Gasteiger partial charge < -0.3 is 4.74 Å². The van der Waals surface area contributed by atoms with Gasteiger partial charge in [-0.15, -0.1) is 12.8 Å². The van der Waals surface area contributed by atoms with Gasteiger partial charge in [0.2, 0.25) is 0 Å². The molecule has 0 aliphatic heterocycles. The van der Waals surface area contributed by atoms with Crippen LogP contribution < -0.4 is 0 Å². The molecule has 1 aromatic heterocycles. The molecule has 0 saturated heterocycles. The van der Waals surface area contributed by atoms with E-state index >= 15 is 0 Å². The van der Waals surface area contributed by atoms with E-state index in [1.54, 1.807) is 0 Å². The summed E-state index contributed by atoms with van der Waals surface area (Å²) in [5, 5.41) is 1.20. The molecule has 1 aromatic carbocycles. The third-order valence-corrected chi connectivity index (χ3v) is 1.88. The largest absolute Gasteiger partial charge is 0.356 e. The smallest absolute Gasteiger partial charge is 0.108 e. The van der Waals surface area contributed by atoms with Gasteiger partial charge in [0.05, 0.1) is 5.52 Å². The summed E-state index contributed by atoms with van der Waals surface area (Å²) >= 11 is 0. The molecule has 2 nitrogen and oxygen atoms in total. The van der Waals surface area contributed by atoms with Crippen molar-refractivity contribution in [3.63, 3.8) is 0 Å². The summed E-state index contributed by atoms with van der Waals surface area (Å²) in [7, 11) is 0. The maximum absolute atomic E-state index is 4.83. The summed E-state index contributed by atoms with van der Waals surface area (Å²) in [4.78, 5) is 4.18. The number of hydrogen-bond acceptors (Lipinski definition) is 2. The Morgan fingerprint density at radius 1 is 1.00 bits per heavy atom. The maximum atomic E-state index is 4.83. The van der Waals surface area contributed by atoms with Gasteiger partial charge in [0.25, 0.3) is 0 Å². The van der Waals surface area contributed by atoms with Crippen LogP contribution in [0.5, 0.6) is 0 Å². The van der Waals surface area contributed by atoms with E-state index in [2.05, 4.69) is 33.7 Å². The minimum atomic E-state index is 0.310. The van der Waals surface area contributed by atoms with E-state index in [0.29, 0.717) is 13.2 Å². The maximum Gasteiger partial charge on any atom is 0.108 e. The lowest BCUT2D eigenvalue weighted by atomic mass is 10.2. The summed E-state index contributed by atoms with van der Waals surface area (Å²) in [6.45, 7) is 0.619. The fraction of sp³-hybridized carbons (Fsp3) is 0.133. The number of benzene rings is 1. The van der Waals surface area contributed by atoms with Crippen molar-refractivity contribution in [1.29, 1.82) is 0 Å². The molecule has 2 heteroatoms. The SMILES string of the molecule is C#CCOCC#C.c1ccc2ncccc2c1. The van der Waals surface area contributed by atoms with Crippen LogP contribution in [0, 0.1) is 24.7 Å². The summed E-state index contributed by atoms with van der Waals surface area (Å²) in [6.07, 6.45) is 11.5. The molecule has 0 saturated carbocycles. The van der Waals surface area contributed by atoms with Gasteiger partial charge in [-0.2, -0.15) is 0 Å². The van der Waals surface area contributed by atoms with Crippen molar-refractivity contribution in [3.8, 4) is 24.7 Å². The fourth-order valence-electron chi connectivity index (χ4n) is 1.18. The van der Waals surface area contributed by atoms with Gasteiger partial charge in [-0.25, -0.2) is 0 Å². The number of para-hydroxylation sites is 1. The minimum absolute atomic E-state index is 0.310. The molecule has 0 N–H and O–H groups in total. The highest BCUT2D eigenvalue weighted by atomic mass is 16.5. The van der Waals surface area contributed by atoms with Crippen molar-refractivity contribution in [2.75, 3.05) is 13.2 Å². The van der Waals surface area contributed by atoms with Crippen molar-refractivity contribution in [2.24, 2.45) is 0 Å². The van der Waals surface area contributed by atoms with Gasteiger partial charge in [-0.3, -0.25) is 4.98 Å². The Morgan fingerprint density at radius 3 is 2.29 bits per heavy atom. The number of nitrogens with zero attached hydrogens (tertiary/aromatic N) is 1. The number of pyridine rings is 1. The highest BCUT2D eigenvalue weighted by molar-refractivity contribution is 5.77. The third-order valence-electron chi connectivity index (χ3n) is 1.88. The minimum Gasteiger partial charge on any atom is -0.356 e. The first kappa shape index (κ1) is 12.8. The van der Waals surface area contributed by atoms with E-state index < -0.39 is 0 Å². The fourth-order valence-corrected chi connectivity index (χ4v) is 1.18. The van der Waals surface area contributed by atoms with Crippen molar-refractivity contribution < 1.29 is 4.74 Å². The molecule has 0 bridgehead atoms. The van der Waals surface area contributed by atoms with Gasteiger partial charge >= 0.3 is 0 Å². The van der Waals surface area contributed by atoms with Crippen molar-refractivity contribution in [1.82, 2.24) is 4.98 Å². The molecule has 1 heterocycles. The topological polar surface area (TPSA) is 22.1 Å². The molecule has 0 radical (unpaired) electrons. The number of ether oxygens (including phenoxy) is 1. The van der Waals surface area contributed by atoms with Gasteiger partial charge in [-0.1, -0.05) is 36.1 Å². The lowest BCUT2D eigenvalue weighted by Gasteiger charge is -1.91. The Morgan fingerprint density at radius 2 is 1.65 bits per heavy atom. The highest BCUT2D eigenvalue weighted by Crippen LogP contribution is 2.07. The zero-order valence-electron chi connectivity index (χ0n) is 9.47. The molecule has 84 valence electrons. The van der Waals surface area contributed by atoms with Gasteiger partial charge in [0.15, 0.2) is 0 Å². The van der Waals surface area contributed by atoms with Crippen LogP contribution in [0.25, 0.3) is 10.9 Å². The van der Waals surface area contributed by atoms with Crippen LogP contribution in [0.3, 0.4) is 0 Å². The lowest BCUT2D eigenvalue weighted by Crippen LogP contribution is -1.89. The predicted molar refractivity (Wildman–Crippen MR) is 70.2 cm³/mol. The summed E-state index contributed by atoms with van der Waals surface area (Å²) < 4.78 is 4.66. The van der Waals surface area contributed by atoms with Gasteiger partial charge in [0.1, 0.15) is 13.2 Å². The lowest BCUT2D eigenvalue weighted by molar-refractivity contribution is 0.205. The molecular formula is C15H13NO. The number of terminal acetylenes is 2. The predicted octanol–water partition coefficient (Wildman–Crippen LogP) is 2.50. The van der Waals surface area contributed by atoms with Crippen molar-refractivity contribution in [2.45, 2.75) is 0 Å². The average molecular weight is 223 g/mol. The Bertz CT molecular complexity index is 455. The molecule has 0 aliphatic carbocycles. The molecule has 0 fully saturated rings. The number of aromatic nitrogens is 1. The summed E-state index contributed by atoms with van der Waals surface area (Å²) in [6, 6.07) is 12.1. The first-order valence-corrected chi connectivity index (χ1v) is 5.13. The number of hydrogen-bond donors (Lipinski definition) is 0. The average Bonchev–Trinajstić information content (AvgIpc) is 2.40. The second-order valence-corrected chi connectivity index (χ2v) is 3.10. The van der Waals surface area contributed by atoms with E-state index in [1.165, 1.54) is 5.39 Å². The Balaban J connectivity index is 0.000000185. The van der Waals surface area contributed by atoms with Crippen LogP contribution in [0.15, 0.2) is 42.6 Å². The Labute approximate surface area is 102 Å². The van der Waals surface area contributed by atoms with Crippen LogP contribution >= 0.6 is 0 Å². The van der Waals surface area contributed by atoms with Crippen LogP contribution in [-0.4, -0.2) is 18.2 Å².